The van der Waals surface area contributed by atoms with Crippen LogP contribution in [0.4, 0.5) is 33.6 Å². The number of likely N-dealkylation sites (tertiary alicyclic amines) is 1. The summed E-state index contributed by atoms with van der Waals surface area (Å²) in [5, 5.41) is 6.09. The van der Waals surface area contributed by atoms with Crippen molar-refractivity contribution in [2.24, 2.45) is 5.73 Å². The molecule has 1 aliphatic heterocycles. The Morgan fingerprint density at radius 3 is 2.48 bits per heavy atom. The highest BCUT2D eigenvalue weighted by atomic mass is 16.2. The molecular formula is C24H27N7O2. The second-order valence-corrected chi connectivity index (χ2v) is 7.71. The number of carbonyl (C=O) groups is 2. The van der Waals surface area contributed by atoms with Gasteiger partial charge in [-0.25, -0.2) is 9.78 Å². The van der Waals surface area contributed by atoms with Gasteiger partial charge in [-0.1, -0.05) is 24.3 Å². The lowest BCUT2D eigenvalue weighted by molar-refractivity contribution is 0.1000. The maximum Gasteiger partial charge on any atom is 0.321 e. The minimum Gasteiger partial charge on any atom is -0.365 e. The zero-order valence-electron chi connectivity index (χ0n) is 18.5. The Hall–Kier alpha value is -4.14. The third-order valence-corrected chi connectivity index (χ3v) is 5.44. The maximum atomic E-state index is 12.4. The molecule has 3 aromatic rings. The minimum absolute atomic E-state index is 0.101. The summed E-state index contributed by atoms with van der Waals surface area (Å²) in [6.45, 7) is 4.11. The number of amides is 3. The molecule has 1 fully saturated rings. The van der Waals surface area contributed by atoms with Gasteiger partial charge in [-0.05, 0) is 50.1 Å². The molecule has 33 heavy (non-hydrogen) atoms. The van der Waals surface area contributed by atoms with E-state index < -0.39 is 5.91 Å². The molecule has 4 N–H and O–H groups in total. The second-order valence-electron chi connectivity index (χ2n) is 7.71. The molecule has 0 bridgehead atoms. The quantitative estimate of drug-likeness (QED) is 0.504. The average Bonchev–Trinajstić information content (AvgIpc) is 3.36. The van der Waals surface area contributed by atoms with E-state index in [-0.39, 0.29) is 11.6 Å². The first-order valence-corrected chi connectivity index (χ1v) is 11.0. The van der Waals surface area contributed by atoms with Gasteiger partial charge in [0.2, 0.25) is 5.95 Å². The summed E-state index contributed by atoms with van der Waals surface area (Å²) in [6.07, 6.45) is 3.50. The molecule has 9 nitrogen and oxygen atoms in total. The molecule has 170 valence electrons. The molecule has 3 amide bonds. The molecule has 0 atom stereocenters. The predicted octanol–water partition coefficient (Wildman–Crippen LogP) is 4.10. The van der Waals surface area contributed by atoms with E-state index in [4.69, 9.17) is 5.73 Å². The van der Waals surface area contributed by atoms with E-state index in [1.54, 1.807) is 4.90 Å². The number of benzene rings is 2. The molecule has 0 spiro atoms. The molecule has 0 unspecified atom stereocenters. The Labute approximate surface area is 192 Å². The van der Waals surface area contributed by atoms with Gasteiger partial charge in [0, 0.05) is 42.9 Å². The topological polar surface area (TPSA) is 116 Å². The number of nitrogens with one attached hydrogen (secondary N) is 2. The fourth-order valence-electron chi connectivity index (χ4n) is 3.80. The summed E-state index contributed by atoms with van der Waals surface area (Å²) in [6, 6.07) is 16.9. The van der Waals surface area contributed by atoms with Crippen molar-refractivity contribution in [3.05, 3.63) is 66.4 Å². The molecule has 1 saturated heterocycles. The van der Waals surface area contributed by atoms with Gasteiger partial charge in [0.05, 0.1) is 0 Å². The number of hydrogen-bond acceptors (Lipinski definition) is 6. The SMILES string of the molecule is CCN(c1ccccc1)c1nc(Nc2cccc(NC(=O)N3CCCC3)c2)ncc1C(N)=O. The number of anilines is 5. The average molecular weight is 446 g/mol. The van der Waals surface area contributed by atoms with Gasteiger partial charge in [-0.15, -0.1) is 0 Å². The number of para-hydroxylation sites is 1. The number of nitrogens with two attached hydrogens (primary N) is 1. The van der Waals surface area contributed by atoms with Crippen LogP contribution in [0.3, 0.4) is 0 Å². The third kappa shape index (κ3) is 5.20. The van der Waals surface area contributed by atoms with Crippen LogP contribution in [0.5, 0.6) is 0 Å². The fraction of sp³-hybridized carbons (Fsp3) is 0.250. The lowest BCUT2D eigenvalue weighted by atomic mass is 10.2. The van der Waals surface area contributed by atoms with Gasteiger partial charge < -0.3 is 26.2 Å². The Morgan fingerprint density at radius 1 is 1.06 bits per heavy atom. The smallest absolute Gasteiger partial charge is 0.321 e. The van der Waals surface area contributed by atoms with Crippen LogP contribution in [0.2, 0.25) is 0 Å². The van der Waals surface area contributed by atoms with Crippen LogP contribution in [-0.2, 0) is 0 Å². The van der Waals surface area contributed by atoms with E-state index in [9.17, 15) is 9.59 Å². The van der Waals surface area contributed by atoms with E-state index in [0.717, 1.165) is 31.6 Å². The Balaban J connectivity index is 1.58. The summed E-state index contributed by atoms with van der Waals surface area (Å²) in [7, 11) is 0. The maximum absolute atomic E-state index is 12.4. The highest BCUT2D eigenvalue weighted by molar-refractivity contribution is 5.98. The number of rotatable bonds is 7. The zero-order chi connectivity index (χ0) is 23.2. The van der Waals surface area contributed by atoms with Gasteiger partial charge in [-0.3, -0.25) is 4.79 Å². The number of nitrogens with zero attached hydrogens (tertiary/aromatic N) is 4. The molecule has 0 aliphatic carbocycles. The summed E-state index contributed by atoms with van der Waals surface area (Å²) in [5.41, 5.74) is 8.09. The van der Waals surface area contributed by atoms with Crippen molar-refractivity contribution in [2.45, 2.75) is 19.8 Å². The standard InChI is InChI=1S/C24H27N7O2/c1-2-31(19-11-4-3-5-12-19)22-20(21(25)32)16-26-23(29-22)27-17-9-8-10-18(15-17)28-24(33)30-13-6-7-14-30/h3-5,8-12,15-16H,2,6-7,13-14H2,1H3,(H2,25,32)(H,28,33)(H,26,27,29). The Bertz CT molecular complexity index is 1130. The van der Waals surface area contributed by atoms with Gasteiger partial charge in [0.15, 0.2) is 5.82 Å². The van der Waals surface area contributed by atoms with E-state index in [0.29, 0.717) is 29.7 Å². The number of hydrogen-bond donors (Lipinski definition) is 3. The second kappa shape index (κ2) is 9.99. The molecule has 9 heteroatoms. The van der Waals surface area contributed by atoms with Crippen molar-refractivity contribution in [1.82, 2.24) is 14.9 Å². The van der Waals surface area contributed by atoms with E-state index >= 15 is 0 Å². The van der Waals surface area contributed by atoms with Crippen LogP contribution in [0, 0.1) is 0 Å². The van der Waals surface area contributed by atoms with Crippen LogP contribution in [0.25, 0.3) is 0 Å². The van der Waals surface area contributed by atoms with Crippen molar-refractivity contribution in [2.75, 3.05) is 35.2 Å². The normalized spacial score (nSPS) is 12.9. The van der Waals surface area contributed by atoms with Gasteiger partial charge in [0.1, 0.15) is 5.56 Å². The van der Waals surface area contributed by atoms with Gasteiger partial charge in [0.25, 0.3) is 5.91 Å². The molecule has 1 aliphatic rings. The predicted molar refractivity (Wildman–Crippen MR) is 129 cm³/mol. The van der Waals surface area contributed by atoms with Crippen molar-refractivity contribution in [1.29, 1.82) is 0 Å². The van der Waals surface area contributed by atoms with Crippen molar-refractivity contribution < 1.29 is 9.59 Å². The first-order chi connectivity index (χ1) is 16.0. The highest BCUT2D eigenvalue weighted by Gasteiger charge is 2.20. The minimum atomic E-state index is -0.599. The van der Waals surface area contributed by atoms with E-state index in [1.165, 1.54) is 6.20 Å². The summed E-state index contributed by atoms with van der Waals surface area (Å²) in [4.78, 5) is 37.0. The van der Waals surface area contributed by atoms with Crippen LogP contribution >= 0.6 is 0 Å². The van der Waals surface area contributed by atoms with E-state index in [2.05, 4.69) is 20.6 Å². The molecule has 1 aromatic heterocycles. The van der Waals surface area contributed by atoms with Gasteiger partial charge in [-0.2, -0.15) is 4.98 Å². The largest absolute Gasteiger partial charge is 0.365 e. The molecule has 0 saturated carbocycles. The Morgan fingerprint density at radius 2 is 1.79 bits per heavy atom. The molecule has 0 radical (unpaired) electrons. The lowest BCUT2D eigenvalue weighted by Gasteiger charge is -2.24. The van der Waals surface area contributed by atoms with Crippen molar-refractivity contribution >= 4 is 40.8 Å². The fourth-order valence-corrected chi connectivity index (χ4v) is 3.80. The summed E-state index contributed by atoms with van der Waals surface area (Å²) in [5.74, 6) is 0.136. The zero-order valence-corrected chi connectivity index (χ0v) is 18.5. The third-order valence-electron chi connectivity index (χ3n) is 5.44. The Kier molecular flexibility index (Phi) is 6.68. The summed E-state index contributed by atoms with van der Waals surface area (Å²) >= 11 is 0. The van der Waals surface area contributed by atoms with Crippen LogP contribution in [0.15, 0.2) is 60.8 Å². The molecule has 2 heterocycles. The molecular weight excluding hydrogens is 418 g/mol. The highest BCUT2D eigenvalue weighted by Crippen LogP contribution is 2.28. The molecule has 4 rings (SSSR count). The van der Waals surface area contributed by atoms with Crippen LogP contribution in [-0.4, -0.2) is 46.4 Å². The number of carbonyl (C=O) groups excluding carboxylic acids is 2. The molecule has 2 aromatic carbocycles. The first kappa shape index (κ1) is 22.1. The number of aromatic nitrogens is 2. The van der Waals surface area contributed by atoms with Crippen LogP contribution < -0.4 is 21.3 Å². The first-order valence-electron chi connectivity index (χ1n) is 11.0. The lowest BCUT2D eigenvalue weighted by Crippen LogP contribution is -2.32. The summed E-state index contributed by atoms with van der Waals surface area (Å²) < 4.78 is 0. The number of primary amides is 1. The van der Waals surface area contributed by atoms with Crippen molar-refractivity contribution in [3.8, 4) is 0 Å². The van der Waals surface area contributed by atoms with Crippen molar-refractivity contribution in [3.63, 3.8) is 0 Å². The van der Waals surface area contributed by atoms with Crippen LogP contribution in [0.1, 0.15) is 30.1 Å². The van der Waals surface area contributed by atoms with E-state index in [1.807, 2.05) is 66.4 Å². The van der Waals surface area contributed by atoms with Gasteiger partial charge >= 0.3 is 6.03 Å². The number of urea groups is 1. The monoisotopic (exact) mass is 445 g/mol.